The van der Waals surface area contributed by atoms with Crippen molar-refractivity contribution in [2.24, 2.45) is 0 Å². The first-order chi connectivity index (χ1) is 12.7. The highest BCUT2D eigenvalue weighted by Gasteiger charge is 2.33. The number of nitrogens with one attached hydrogen (secondary N) is 1. The van der Waals surface area contributed by atoms with Gasteiger partial charge in [-0.2, -0.15) is 0 Å². The summed E-state index contributed by atoms with van der Waals surface area (Å²) in [7, 11) is 0. The van der Waals surface area contributed by atoms with Crippen molar-refractivity contribution < 1.29 is 9.59 Å². The van der Waals surface area contributed by atoms with Crippen LogP contribution in [-0.2, 0) is 6.42 Å². The van der Waals surface area contributed by atoms with Crippen LogP contribution in [0.4, 0.5) is 11.4 Å². The van der Waals surface area contributed by atoms with Crippen molar-refractivity contribution in [1.82, 2.24) is 0 Å². The van der Waals surface area contributed by atoms with Crippen LogP contribution in [-0.4, -0.2) is 11.6 Å². The van der Waals surface area contributed by atoms with Crippen molar-refractivity contribution in [3.63, 3.8) is 0 Å². The highest BCUT2D eigenvalue weighted by molar-refractivity contribution is 6.30. The van der Waals surface area contributed by atoms with Crippen molar-refractivity contribution in [2.75, 3.05) is 5.32 Å². The standard InChI is InChI=1S/C23H17NO2/c1-2-8-15-13-14-19(24-16-9-4-3-5-10-16)21-20(15)22(25)17-11-6-7-12-18(17)23(21)26/h2-7,9-14,24H,1,8H2. The zero-order valence-corrected chi connectivity index (χ0v) is 14.2. The molecule has 0 bridgehead atoms. The molecule has 0 aromatic heterocycles. The largest absolute Gasteiger partial charge is 0.355 e. The Morgan fingerprint density at radius 3 is 2.04 bits per heavy atom. The van der Waals surface area contributed by atoms with Crippen LogP contribution in [0, 0.1) is 0 Å². The quantitative estimate of drug-likeness (QED) is 0.536. The average Bonchev–Trinajstić information content (AvgIpc) is 2.68. The molecule has 1 aliphatic rings. The summed E-state index contributed by atoms with van der Waals surface area (Å²) in [5.74, 6) is -0.233. The van der Waals surface area contributed by atoms with Gasteiger partial charge in [-0.15, -0.1) is 6.58 Å². The Bertz CT molecular complexity index is 1040. The predicted molar refractivity (Wildman–Crippen MR) is 103 cm³/mol. The number of carbonyl (C=O) groups is 2. The molecular weight excluding hydrogens is 322 g/mol. The van der Waals surface area contributed by atoms with Gasteiger partial charge in [-0.05, 0) is 30.2 Å². The summed E-state index contributed by atoms with van der Waals surface area (Å²) in [6.07, 6.45) is 2.29. The third-order valence-corrected chi connectivity index (χ3v) is 4.58. The highest BCUT2D eigenvalue weighted by atomic mass is 16.1. The zero-order chi connectivity index (χ0) is 18.1. The normalized spacial score (nSPS) is 12.3. The number of carbonyl (C=O) groups excluding carboxylic acids is 2. The average molecular weight is 339 g/mol. The number of allylic oxidation sites excluding steroid dienone is 1. The van der Waals surface area contributed by atoms with Gasteiger partial charge in [0.25, 0.3) is 0 Å². The van der Waals surface area contributed by atoms with Gasteiger partial charge in [-0.1, -0.05) is 54.6 Å². The van der Waals surface area contributed by atoms with E-state index in [1.165, 1.54) is 0 Å². The molecule has 3 nitrogen and oxygen atoms in total. The third kappa shape index (κ3) is 2.54. The molecule has 0 spiro atoms. The van der Waals surface area contributed by atoms with Crippen LogP contribution in [0.1, 0.15) is 37.4 Å². The van der Waals surface area contributed by atoms with Gasteiger partial charge < -0.3 is 5.32 Å². The molecule has 0 radical (unpaired) electrons. The summed E-state index contributed by atoms with van der Waals surface area (Å²) in [5, 5.41) is 3.28. The maximum Gasteiger partial charge on any atom is 0.196 e. The lowest BCUT2D eigenvalue weighted by atomic mass is 9.80. The van der Waals surface area contributed by atoms with Crippen LogP contribution >= 0.6 is 0 Å². The van der Waals surface area contributed by atoms with Crippen LogP contribution in [0.25, 0.3) is 0 Å². The van der Waals surface area contributed by atoms with E-state index in [0.717, 1.165) is 11.3 Å². The van der Waals surface area contributed by atoms with Crippen LogP contribution in [0.2, 0.25) is 0 Å². The van der Waals surface area contributed by atoms with E-state index in [1.54, 1.807) is 30.3 Å². The van der Waals surface area contributed by atoms with Gasteiger partial charge in [0.15, 0.2) is 11.6 Å². The van der Waals surface area contributed by atoms with Gasteiger partial charge in [0.2, 0.25) is 0 Å². The molecule has 0 saturated carbocycles. The molecule has 0 heterocycles. The van der Waals surface area contributed by atoms with Crippen molar-refractivity contribution in [3.05, 3.63) is 107 Å². The van der Waals surface area contributed by atoms with Gasteiger partial charge in [-0.25, -0.2) is 0 Å². The van der Waals surface area contributed by atoms with Crippen LogP contribution < -0.4 is 5.32 Å². The van der Waals surface area contributed by atoms with E-state index in [9.17, 15) is 9.59 Å². The number of benzene rings is 3. The van der Waals surface area contributed by atoms with Gasteiger partial charge in [0.05, 0.1) is 11.3 Å². The lowest BCUT2D eigenvalue weighted by Gasteiger charge is -2.23. The van der Waals surface area contributed by atoms with Gasteiger partial charge >= 0.3 is 0 Å². The zero-order valence-electron chi connectivity index (χ0n) is 14.2. The summed E-state index contributed by atoms with van der Waals surface area (Å²) in [4.78, 5) is 26.3. The lowest BCUT2D eigenvalue weighted by molar-refractivity contribution is 0.0979. The second kappa shape index (κ2) is 6.45. The Morgan fingerprint density at radius 1 is 0.769 bits per heavy atom. The maximum absolute atomic E-state index is 13.2. The molecule has 3 aromatic carbocycles. The molecule has 1 aliphatic carbocycles. The van der Waals surface area contributed by atoms with Crippen molar-refractivity contribution in [2.45, 2.75) is 6.42 Å². The number of fused-ring (bicyclic) bond motifs is 2. The maximum atomic E-state index is 13.2. The minimum atomic E-state index is -0.125. The Morgan fingerprint density at radius 2 is 1.38 bits per heavy atom. The van der Waals surface area contributed by atoms with Crippen molar-refractivity contribution >= 4 is 22.9 Å². The summed E-state index contributed by atoms with van der Waals surface area (Å²) in [6, 6.07) is 20.4. The molecule has 0 unspecified atom stereocenters. The molecule has 1 N–H and O–H groups in total. The second-order valence-electron chi connectivity index (χ2n) is 6.21. The third-order valence-electron chi connectivity index (χ3n) is 4.58. The summed E-state index contributed by atoms with van der Waals surface area (Å²) < 4.78 is 0. The molecule has 126 valence electrons. The summed E-state index contributed by atoms with van der Waals surface area (Å²) in [6.45, 7) is 3.77. The molecule has 26 heavy (non-hydrogen) atoms. The molecule has 4 rings (SSSR count). The van der Waals surface area contributed by atoms with Gasteiger partial charge in [0, 0.05) is 22.4 Å². The Balaban J connectivity index is 1.93. The van der Waals surface area contributed by atoms with Crippen LogP contribution in [0.3, 0.4) is 0 Å². The lowest BCUT2D eigenvalue weighted by Crippen LogP contribution is -2.23. The molecule has 0 amide bonds. The fourth-order valence-corrected chi connectivity index (χ4v) is 3.40. The topological polar surface area (TPSA) is 46.2 Å². The first-order valence-corrected chi connectivity index (χ1v) is 8.48. The SMILES string of the molecule is C=CCc1ccc(Nc2ccccc2)c2c1C(=O)c1ccccc1C2=O. The molecule has 0 fully saturated rings. The first-order valence-electron chi connectivity index (χ1n) is 8.48. The van der Waals surface area contributed by atoms with E-state index >= 15 is 0 Å². The number of para-hydroxylation sites is 1. The Hall–Kier alpha value is -3.46. The van der Waals surface area contributed by atoms with E-state index in [0.29, 0.717) is 34.4 Å². The fraction of sp³-hybridized carbons (Fsp3) is 0.0435. The first kappa shape index (κ1) is 16.0. The van der Waals surface area contributed by atoms with Crippen molar-refractivity contribution in [3.8, 4) is 0 Å². The Kier molecular flexibility index (Phi) is 3.98. The molecule has 0 aliphatic heterocycles. The number of ketones is 2. The van der Waals surface area contributed by atoms with Crippen LogP contribution in [0.15, 0.2) is 79.4 Å². The van der Waals surface area contributed by atoms with Gasteiger partial charge in [0.1, 0.15) is 0 Å². The number of rotatable bonds is 4. The molecular formula is C23H17NO2. The summed E-state index contributed by atoms with van der Waals surface area (Å²) >= 11 is 0. The number of anilines is 2. The van der Waals surface area contributed by atoms with E-state index in [1.807, 2.05) is 42.5 Å². The monoisotopic (exact) mass is 339 g/mol. The van der Waals surface area contributed by atoms with Crippen molar-refractivity contribution in [1.29, 1.82) is 0 Å². The van der Waals surface area contributed by atoms with E-state index in [-0.39, 0.29) is 11.6 Å². The van der Waals surface area contributed by atoms with E-state index in [4.69, 9.17) is 0 Å². The number of hydrogen-bond donors (Lipinski definition) is 1. The number of hydrogen-bond acceptors (Lipinski definition) is 3. The van der Waals surface area contributed by atoms with E-state index < -0.39 is 0 Å². The van der Waals surface area contributed by atoms with Crippen LogP contribution in [0.5, 0.6) is 0 Å². The molecule has 0 saturated heterocycles. The minimum absolute atomic E-state index is 0.108. The predicted octanol–water partition coefficient (Wildman–Crippen LogP) is 4.93. The molecule has 0 atom stereocenters. The fourth-order valence-electron chi connectivity index (χ4n) is 3.40. The van der Waals surface area contributed by atoms with Gasteiger partial charge in [-0.3, -0.25) is 9.59 Å². The Labute approximate surface area is 152 Å². The smallest absolute Gasteiger partial charge is 0.196 e. The highest BCUT2D eigenvalue weighted by Crippen LogP contribution is 2.35. The second-order valence-corrected chi connectivity index (χ2v) is 6.21. The van der Waals surface area contributed by atoms with E-state index in [2.05, 4.69) is 11.9 Å². The molecule has 3 aromatic rings. The minimum Gasteiger partial charge on any atom is -0.355 e. The molecule has 3 heteroatoms. The summed E-state index contributed by atoms with van der Waals surface area (Å²) in [5.41, 5.74) is 4.18.